The first-order chi connectivity index (χ1) is 8.19. The lowest BCUT2D eigenvalue weighted by Crippen LogP contribution is -2.08. The summed E-state index contributed by atoms with van der Waals surface area (Å²) in [6.07, 6.45) is 1.30. The van der Waals surface area contributed by atoms with Gasteiger partial charge < -0.3 is 14.5 Å². The monoisotopic (exact) mass is 236 g/mol. The number of rotatable bonds is 3. The minimum atomic E-state index is -0.618. The van der Waals surface area contributed by atoms with Gasteiger partial charge in [0, 0.05) is 0 Å². The van der Waals surface area contributed by atoms with Crippen LogP contribution in [0, 0.1) is 5.82 Å². The van der Waals surface area contributed by atoms with Crippen LogP contribution in [0.15, 0.2) is 30.5 Å². The lowest BCUT2D eigenvalue weighted by molar-refractivity contribution is 0.0728. The van der Waals surface area contributed by atoms with Crippen molar-refractivity contribution < 1.29 is 18.7 Å². The molecule has 1 aromatic carbocycles. The number of H-pyrrole nitrogens is 1. The van der Waals surface area contributed by atoms with Crippen LogP contribution in [0.25, 0.3) is 0 Å². The molecule has 0 fully saturated rings. The Morgan fingerprint density at radius 2 is 2.06 bits per heavy atom. The van der Waals surface area contributed by atoms with Crippen molar-refractivity contribution in [2.24, 2.45) is 0 Å². The summed E-state index contributed by atoms with van der Waals surface area (Å²) in [4.78, 5) is 18.0. The number of carbonyl (C=O) groups excluding carboxylic acids is 1. The molecule has 0 aliphatic rings. The number of imidazole rings is 1. The number of methoxy groups -OCH3 is 1. The molecule has 1 N–H and O–H groups in total. The molecule has 0 bridgehead atoms. The van der Waals surface area contributed by atoms with Gasteiger partial charge in [0.2, 0.25) is 0 Å². The quantitative estimate of drug-likeness (QED) is 0.651. The topological polar surface area (TPSA) is 64.2 Å². The van der Waals surface area contributed by atoms with E-state index in [2.05, 4.69) is 9.97 Å². The van der Waals surface area contributed by atoms with Gasteiger partial charge in [0.25, 0.3) is 6.01 Å². The van der Waals surface area contributed by atoms with Crippen LogP contribution in [-0.4, -0.2) is 23.0 Å². The number of nitrogens with one attached hydrogen (secondary N) is 1. The van der Waals surface area contributed by atoms with Gasteiger partial charge in [-0.15, -0.1) is 0 Å². The summed E-state index contributed by atoms with van der Waals surface area (Å²) in [6.45, 7) is 0. The van der Waals surface area contributed by atoms with Gasteiger partial charge in [0.05, 0.1) is 13.3 Å². The van der Waals surface area contributed by atoms with Crippen LogP contribution in [-0.2, 0) is 0 Å². The molecular weight excluding hydrogens is 227 g/mol. The zero-order valence-electron chi connectivity index (χ0n) is 8.94. The van der Waals surface area contributed by atoms with Crippen molar-refractivity contribution >= 4 is 5.97 Å². The highest BCUT2D eigenvalue weighted by atomic mass is 19.1. The van der Waals surface area contributed by atoms with E-state index in [0.29, 0.717) is 0 Å². The van der Waals surface area contributed by atoms with Crippen molar-refractivity contribution in [3.63, 3.8) is 0 Å². The van der Waals surface area contributed by atoms with Gasteiger partial charge in [-0.3, -0.25) is 0 Å². The van der Waals surface area contributed by atoms with Crippen LogP contribution in [0.5, 0.6) is 11.8 Å². The Hall–Kier alpha value is -2.37. The van der Waals surface area contributed by atoms with E-state index < -0.39 is 11.8 Å². The Kier molecular flexibility index (Phi) is 3.04. The first-order valence-corrected chi connectivity index (χ1v) is 4.76. The number of aromatic nitrogens is 2. The van der Waals surface area contributed by atoms with Crippen molar-refractivity contribution in [2.75, 3.05) is 7.11 Å². The maximum atomic E-state index is 12.6. The van der Waals surface area contributed by atoms with E-state index in [1.165, 1.54) is 37.6 Å². The smallest absolute Gasteiger partial charge is 0.361 e. The summed E-state index contributed by atoms with van der Waals surface area (Å²) in [6, 6.07) is 5.35. The van der Waals surface area contributed by atoms with Gasteiger partial charge in [0.15, 0.2) is 0 Å². The van der Waals surface area contributed by atoms with Crippen molar-refractivity contribution in [3.8, 4) is 11.8 Å². The van der Waals surface area contributed by atoms with Gasteiger partial charge >= 0.3 is 5.97 Å². The molecule has 17 heavy (non-hydrogen) atoms. The second kappa shape index (κ2) is 4.65. The van der Waals surface area contributed by atoms with Crippen molar-refractivity contribution in [1.82, 2.24) is 9.97 Å². The number of ether oxygens (including phenoxy) is 2. The molecule has 2 aromatic rings. The number of aromatic amines is 1. The van der Waals surface area contributed by atoms with E-state index in [4.69, 9.17) is 9.47 Å². The summed E-state index contributed by atoms with van der Waals surface area (Å²) >= 11 is 0. The highest BCUT2D eigenvalue weighted by Gasteiger charge is 2.12. The molecule has 0 saturated carbocycles. The minimum Gasteiger partial charge on any atom is -0.468 e. The van der Waals surface area contributed by atoms with E-state index in [0.717, 1.165) is 0 Å². The molecule has 88 valence electrons. The van der Waals surface area contributed by atoms with Gasteiger partial charge in [-0.05, 0) is 24.3 Å². The summed E-state index contributed by atoms with van der Waals surface area (Å²) in [7, 11) is 1.42. The number of hydrogen-bond acceptors (Lipinski definition) is 4. The van der Waals surface area contributed by atoms with E-state index in [9.17, 15) is 9.18 Å². The summed E-state index contributed by atoms with van der Waals surface area (Å²) in [5.41, 5.74) is 0.158. The Morgan fingerprint density at radius 1 is 1.35 bits per heavy atom. The fraction of sp³-hybridized carbons (Fsp3) is 0.0909. The molecule has 0 radical (unpaired) electrons. The molecule has 0 aliphatic heterocycles. The number of benzene rings is 1. The SMILES string of the molecule is COc1ncc(C(=O)Oc2ccc(F)cc2)[nH]1. The molecule has 0 spiro atoms. The molecule has 0 unspecified atom stereocenters. The van der Waals surface area contributed by atoms with Crippen LogP contribution in [0.2, 0.25) is 0 Å². The van der Waals surface area contributed by atoms with E-state index in [-0.39, 0.29) is 17.5 Å². The molecule has 1 aromatic heterocycles. The first-order valence-electron chi connectivity index (χ1n) is 4.76. The fourth-order valence-electron chi connectivity index (χ4n) is 1.18. The molecule has 0 saturated heterocycles. The number of esters is 1. The molecule has 0 atom stereocenters. The van der Waals surface area contributed by atoms with E-state index in [1.807, 2.05) is 0 Å². The van der Waals surface area contributed by atoms with Crippen LogP contribution in [0.4, 0.5) is 4.39 Å². The normalized spacial score (nSPS) is 10.0. The Morgan fingerprint density at radius 3 is 2.65 bits per heavy atom. The van der Waals surface area contributed by atoms with E-state index in [1.54, 1.807) is 0 Å². The number of hydrogen-bond donors (Lipinski definition) is 1. The average Bonchev–Trinajstić information content (AvgIpc) is 2.81. The van der Waals surface area contributed by atoms with Gasteiger partial charge in [-0.25, -0.2) is 14.2 Å². The minimum absolute atomic E-state index is 0.158. The zero-order valence-corrected chi connectivity index (χ0v) is 8.94. The predicted octanol–water partition coefficient (Wildman–Crippen LogP) is 1.78. The van der Waals surface area contributed by atoms with Gasteiger partial charge in [-0.2, -0.15) is 0 Å². The maximum Gasteiger partial charge on any atom is 0.361 e. The lowest BCUT2D eigenvalue weighted by atomic mass is 10.3. The standard InChI is InChI=1S/C11H9FN2O3/c1-16-11-13-6-9(14-11)10(15)17-8-4-2-7(12)3-5-8/h2-6H,1H3,(H,13,14). The lowest BCUT2D eigenvalue weighted by Gasteiger charge is -2.01. The summed E-state index contributed by atoms with van der Waals surface area (Å²) in [5.74, 6) is -0.759. The second-order valence-electron chi connectivity index (χ2n) is 3.15. The van der Waals surface area contributed by atoms with Crippen molar-refractivity contribution in [2.45, 2.75) is 0 Å². The predicted molar refractivity (Wildman–Crippen MR) is 56.5 cm³/mol. The highest BCUT2D eigenvalue weighted by Crippen LogP contribution is 2.13. The Labute approximate surface area is 96.2 Å². The zero-order chi connectivity index (χ0) is 12.3. The number of nitrogens with zero attached hydrogens (tertiary/aromatic N) is 1. The Bertz CT molecular complexity index is 522. The molecule has 2 rings (SSSR count). The fourth-order valence-corrected chi connectivity index (χ4v) is 1.18. The molecule has 0 amide bonds. The van der Waals surface area contributed by atoms with Gasteiger partial charge in [0.1, 0.15) is 17.3 Å². The molecule has 5 nitrogen and oxygen atoms in total. The van der Waals surface area contributed by atoms with Crippen molar-refractivity contribution in [3.05, 3.63) is 42.0 Å². The highest BCUT2D eigenvalue weighted by molar-refractivity contribution is 5.88. The van der Waals surface area contributed by atoms with Crippen molar-refractivity contribution in [1.29, 1.82) is 0 Å². The molecular formula is C11H9FN2O3. The summed E-state index contributed by atoms with van der Waals surface area (Å²) < 4.78 is 22.4. The largest absolute Gasteiger partial charge is 0.468 e. The molecule has 0 aliphatic carbocycles. The third kappa shape index (κ3) is 2.60. The van der Waals surface area contributed by atoms with E-state index >= 15 is 0 Å². The maximum absolute atomic E-state index is 12.6. The summed E-state index contributed by atoms with van der Waals surface area (Å²) in [5, 5.41) is 0. The second-order valence-corrected chi connectivity index (χ2v) is 3.15. The Balaban J connectivity index is 2.08. The molecule has 6 heteroatoms. The average molecular weight is 236 g/mol. The van der Waals surface area contributed by atoms with Crippen LogP contribution in [0.1, 0.15) is 10.5 Å². The van der Waals surface area contributed by atoms with Crippen LogP contribution >= 0.6 is 0 Å². The third-order valence-corrected chi connectivity index (χ3v) is 1.99. The van der Waals surface area contributed by atoms with Crippen LogP contribution < -0.4 is 9.47 Å². The van der Waals surface area contributed by atoms with Gasteiger partial charge in [-0.1, -0.05) is 0 Å². The third-order valence-electron chi connectivity index (χ3n) is 1.99. The number of carbonyl (C=O) groups is 1. The van der Waals surface area contributed by atoms with Crippen LogP contribution in [0.3, 0.4) is 0 Å². The molecule has 1 heterocycles. The number of halogens is 1. The first kappa shape index (κ1) is 11.1.